The largest absolute Gasteiger partial charge is 0.489 e. The lowest BCUT2D eigenvalue weighted by atomic mass is 10.2. The summed E-state index contributed by atoms with van der Waals surface area (Å²) in [5.74, 6) is 0.203. The monoisotopic (exact) mass is 264 g/mol. The summed E-state index contributed by atoms with van der Waals surface area (Å²) in [7, 11) is 1.44. The molecule has 94 valence electrons. The number of aliphatic hydroxyl groups is 1. The van der Waals surface area contributed by atoms with Crippen LogP contribution in [0.5, 0.6) is 5.75 Å². The van der Waals surface area contributed by atoms with Crippen LogP contribution < -0.4 is 10.3 Å². The number of hydrogen-bond acceptors (Lipinski definition) is 5. The summed E-state index contributed by atoms with van der Waals surface area (Å²) in [4.78, 5) is 19.0. The van der Waals surface area contributed by atoms with Gasteiger partial charge in [0, 0.05) is 4.90 Å². The molecule has 1 heterocycles. The van der Waals surface area contributed by atoms with Gasteiger partial charge in [-0.05, 0) is 17.7 Å². The number of benzene rings is 1. The van der Waals surface area contributed by atoms with Crippen molar-refractivity contribution in [3.05, 3.63) is 46.5 Å². The molecule has 0 bridgehead atoms. The van der Waals surface area contributed by atoms with Crippen LogP contribution in [0.2, 0.25) is 0 Å². The van der Waals surface area contributed by atoms with Gasteiger partial charge in [0.2, 0.25) is 5.75 Å². The van der Waals surface area contributed by atoms with Crippen LogP contribution in [0.25, 0.3) is 0 Å². The second kappa shape index (κ2) is 5.70. The van der Waals surface area contributed by atoms with Crippen LogP contribution in [0.15, 0.2) is 45.3 Å². The summed E-state index contributed by atoms with van der Waals surface area (Å²) in [5.41, 5.74) is 0.534. The minimum absolute atomic E-state index is 0.0114. The summed E-state index contributed by atoms with van der Waals surface area (Å²) in [5, 5.41) is 9.46. The van der Waals surface area contributed by atoms with E-state index in [2.05, 4.69) is 9.97 Å². The molecule has 0 spiro atoms. The van der Waals surface area contributed by atoms with Crippen molar-refractivity contribution in [1.29, 1.82) is 0 Å². The highest BCUT2D eigenvalue weighted by Gasteiger charge is 2.10. The first-order valence-electron chi connectivity index (χ1n) is 5.24. The van der Waals surface area contributed by atoms with E-state index in [9.17, 15) is 4.79 Å². The molecule has 18 heavy (non-hydrogen) atoms. The third-order valence-electron chi connectivity index (χ3n) is 2.30. The van der Waals surface area contributed by atoms with Crippen LogP contribution in [0.1, 0.15) is 5.56 Å². The molecule has 0 aliphatic rings. The Bertz CT molecular complexity index is 581. The van der Waals surface area contributed by atoms with E-state index in [1.807, 2.05) is 24.3 Å². The highest BCUT2D eigenvalue weighted by molar-refractivity contribution is 7.99. The van der Waals surface area contributed by atoms with E-state index in [0.717, 1.165) is 10.5 Å². The molecule has 2 rings (SSSR count). The lowest BCUT2D eigenvalue weighted by Crippen LogP contribution is -2.10. The van der Waals surface area contributed by atoms with Crippen molar-refractivity contribution in [2.75, 3.05) is 7.11 Å². The number of nitrogens with zero attached hydrogens (tertiary/aromatic N) is 1. The first-order chi connectivity index (χ1) is 8.74. The van der Waals surface area contributed by atoms with Gasteiger partial charge in [0.25, 0.3) is 5.56 Å². The van der Waals surface area contributed by atoms with Gasteiger partial charge in [0.15, 0.2) is 5.03 Å². The average molecular weight is 264 g/mol. The fourth-order valence-corrected chi connectivity index (χ4v) is 2.27. The van der Waals surface area contributed by atoms with Gasteiger partial charge in [-0.25, -0.2) is 4.98 Å². The third-order valence-corrected chi connectivity index (χ3v) is 3.29. The second-order valence-corrected chi connectivity index (χ2v) is 4.54. The molecule has 0 unspecified atom stereocenters. The molecule has 0 fully saturated rings. The first-order valence-corrected chi connectivity index (χ1v) is 6.05. The van der Waals surface area contributed by atoms with E-state index in [0.29, 0.717) is 5.03 Å². The van der Waals surface area contributed by atoms with Gasteiger partial charge in [0.05, 0.1) is 20.0 Å². The van der Waals surface area contributed by atoms with Crippen molar-refractivity contribution in [2.45, 2.75) is 16.5 Å². The standard InChI is InChI=1S/C12H12N2O3S/c1-17-10-11(16)13-7-14-12(10)18-9-4-2-8(6-15)3-5-9/h2-5,7,15H,6H2,1H3,(H,13,14,16). The normalized spacial score (nSPS) is 10.3. The van der Waals surface area contributed by atoms with Gasteiger partial charge in [-0.1, -0.05) is 23.9 Å². The Morgan fingerprint density at radius 2 is 2.11 bits per heavy atom. The Morgan fingerprint density at radius 1 is 1.39 bits per heavy atom. The predicted octanol–water partition coefficient (Wildman–Crippen LogP) is 1.42. The van der Waals surface area contributed by atoms with Gasteiger partial charge in [-0.15, -0.1) is 0 Å². The van der Waals surface area contributed by atoms with E-state index in [4.69, 9.17) is 9.84 Å². The molecular formula is C12H12N2O3S. The van der Waals surface area contributed by atoms with Gasteiger partial charge >= 0.3 is 0 Å². The van der Waals surface area contributed by atoms with Gasteiger partial charge < -0.3 is 14.8 Å². The summed E-state index contributed by atoms with van der Waals surface area (Å²) < 4.78 is 5.03. The Labute approximate surface area is 108 Å². The number of rotatable bonds is 4. The Kier molecular flexibility index (Phi) is 4.01. The van der Waals surface area contributed by atoms with E-state index < -0.39 is 0 Å². The quantitative estimate of drug-likeness (QED) is 0.817. The summed E-state index contributed by atoms with van der Waals surface area (Å²) in [6.07, 6.45) is 1.34. The van der Waals surface area contributed by atoms with Gasteiger partial charge in [-0.2, -0.15) is 0 Å². The summed E-state index contributed by atoms with van der Waals surface area (Å²) >= 11 is 1.33. The lowest BCUT2D eigenvalue weighted by Gasteiger charge is -2.05. The zero-order valence-electron chi connectivity index (χ0n) is 9.71. The topological polar surface area (TPSA) is 75.2 Å². The van der Waals surface area contributed by atoms with Crippen molar-refractivity contribution in [1.82, 2.24) is 9.97 Å². The molecule has 0 aliphatic heterocycles. The van der Waals surface area contributed by atoms with E-state index >= 15 is 0 Å². The molecule has 6 heteroatoms. The molecule has 0 saturated carbocycles. The number of aromatic nitrogens is 2. The molecule has 5 nitrogen and oxygen atoms in total. The number of H-pyrrole nitrogens is 1. The number of nitrogens with one attached hydrogen (secondary N) is 1. The van der Waals surface area contributed by atoms with E-state index in [-0.39, 0.29) is 17.9 Å². The molecule has 0 aliphatic carbocycles. The molecule has 1 aromatic carbocycles. The van der Waals surface area contributed by atoms with Crippen LogP contribution in [0.4, 0.5) is 0 Å². The number of methoxy groups -OCH3 is 1. The molecule has 0 radical (unpaired) electrons. The van der Waals surface area contributed by atoms with Crippen molar-refractivity contribution in [3.63, 3.8) is 0 Å². The Balaban J connectivity index is 2.28. The number of aliphatic hydroxyl groups excluding tert-OH is 1. The van der Waals surface area contributed by atoms with Crippen molar-refractivity contribution < 1.29 is 9.84 Å². The van der Waals surface area contributed by atoms with Crippen LogP contribution in [0, 0.1) is 0 Å². The summed E-state index contributed by atoms with van der Waals surface area (Å²) in [6.45, 7) is 0.0114. The Morgan fingerprint density at radius 3 is 2.72 bits per heavy atom. The molecule has 0 amide bonds. The van der Waals surface area contributed by atoms with Crippen LogP contribution in [-0.4, -0.2) is 22.2 Å². The van der Waals surface area contributed by atoms with E-state index in [1.54, 1.807) is 0 Å². The molecular weight excluding hydrogens is 252 g/mol. The van der Waals surface area contributed by atoms with Gasteiger partial charge in [0.1, 0.15) is 0 Å². The minimum Gasteiger partial charge on any atom is -0.489 e. The second-order valence-electron chi connectivity index (χ2n) is 3.47. The van der Waals surface area contributed by atoms with Crippen LogP contribution >= 0.6 is 11.8 Å². The predicted molar refractivity (Wildman–Crippen MR) is 67.9 cm³/mol. The van der Waals surface area contributed by atoms with Crippen molar-refractivity contribution in [2.24, 2.45) is 0 Å². The zero-order chi connectivity index (χ0) is 13.0. The zero-order valence-corrected chi connectivity index (χ0v) is 10.5. The highest BCUT2D eigenvalue weighted by atomic mass is 32.2. The molecule has 0 saturated heterocycles. The molecule has 1 aromatic heterocycles. The number of ether oxygens (including phenoxy) is 1. The maximum absolute atomic E-state index is 11.5. The van der Waals surface area contributed by atoms with Gasteiger partial charge in [-0.3, -0.25) is 4.79 Å². The Hall–Kier alpha value is -1.79. The van der Waals surface area contributed by atoms with E-state index in [1.165, 1.54) is 25.2 Å². The molecule has 2 N–H and O–H groups in total. The molecule has 2 aromatic rings. The smallest absolute Gasteiger partial charge is 0.294 e. The fraction of sp³-hybridized carbons (Fsp3) is 0.167. The first kappa shape index (κ1) is 12.7. The SMILES string of the molecule is COc1c(Sc2ccc(CO)cc2)nc[nH]c1=O. The van der Waals surface area contributed by atoms with Crippen molar-refractivity contribution in [3.8, 4) is 5.75 Å². The maximum Gasteiger partial charge on any atom is 0.294 e. The number of aromatic amines is 1. The average Bonchev–Trinajstić information content (AvgIpc) is 2.40. The van der Waals surface area contributed by atoms with Crippen LogP contribution in [0.3, 0.4) is 0 Å². The fourth-order valence-electron chi connectivity index (χ4n) is 1.40. The minimum atomic E-state index is -0.304. The van der Waals surface area contributed by atoms with Crippen LogP contribution in [-0.2, 0) is 6.61 Å². The highest BCUT2D eigenvalue weighted by Crippen LogP contribution is 2.30. The molecule has 0 atom stereocenters. The maximum atomic E-state index is 11.5. The lowest BCUT2D eigenvalue weighted by molar-refractivity contribution is 0.282. The van der Waals surface area contributed by atoms with Crippen molar-refractivity contribution >= 4 is 11.8 Å². The summed E-state index contributed by atoms with van der Waals surface area (Å²) in [6, 6.07) is 7.36. The number of hydrogen-bond donors (Lipinski definition) is 2. The third kappa shape index (κ3) is 2.72.